The van der Waals surface area contributed by atoms with Gasteiger partial charge < -0.3 is 18.9 Å². The zero-order valence-corrected chi connectivity index (χ0v) is 30.6. The lowest BCUT2D eigenvalue weighted by Crippen LogP contribution is -2.54. The Bertz CT molecular complexity index is 1590. The van der Waals surface area contributed by atoms with Gasteiger partial charge in [-0.3, -0.25) is 0 Å². The van der Waals surface area contributed by atoms with E-state index in [0.29, 0.717) is 26.4 Å². The summed E-state index contributed by atoms with van der Waals surface area (Å²) in [6.07, 6.45) is 12.1. The topological polar surface area (TPSA) is 36.9 Å². The zero-order valence-electron chi connectivity index (χ0n) is 28.8. The standard InChI is InChI=1S/C43H51O4P2/c1-4-6-27-49-33-38(44-28-34-19-11-7-12-20-34)40(46-30-36-23-15-9-16-24-36)42(49)43(5-2)41(47-31-37-25-17-10-18-26-37)39(32-48(43)3)45-29-35-21-13-8-14-22-35/h5,7-26,38-42H,2-4,6,27-33H2,1H3/q+1. The Hall–Kier alpha value is -2.94. The van der Waals surface area contributed by atoms with Crippen molar-refractivity contribution in [1.82, 2.24) is 0 Å². The summed E-state index contributed by atoms with van der Waals surface area (Å²) in [5, 5.41) is -0.392. The zero-order chi connectivity index (χ0) is 33.9. The Balaban J connectivity index is 1.37. The van der Waals surface area contributed by atoms with Crippen LogP contribution < -0.4 is 0 Å². The van der Waals surface area contributed by atoms with E-state index < -0.39 is 20.6 Å². The average molecular weight is 694 g/mol. The fourth-order valence-electron chi connectivity index (χ4n) is 7.49. The predicted molar refractivity (Wildman–Crippen MR) is 207 cm³/mol. The summed E-state index contributed by atoms with van der Waals surface area (Å²) in [5.41, 5.74) is 4.86. The molecule has 6 rings (SSSR count). The van der Waals surface area contributed by atoms with Crippen molar-refractivity contribution in [1.29, 1.82) is 0 Å². The van der Waals surface area contributed by atoms with Gasteiger partial charge in [0.1, 0.15) is 25.9 Å². The van der Waals surface area contributed by atoms with Crippen molar-refractivity contribution in [3.8, 4) is 0 Å². The van der Waals surface area contributed by atoms with Crippen LogP contribution in [0.1, 0.15) is 42.0 Å². The maximum absolute atomic E-state index is 7.11. The minimum Gasteiger partial charge on any atom is -0.370 e. The molecule has 8 atom stereocenters. The molecule has 2 fully saturated rings. The van der Waals surface area contributed by atoms with Gasteiger partial charge in [-0.2, -0.15) is 0 Å². The van der Waals surface area contributed by atoms with Gasteiger partial charge in [0.25, 0.3) is 0 Å². The van der Waals surface area contributed by atoms with Crippen molar-refractivity contribution in [2.75, 3.05) is 18.5 Å². The number of rotatable bonds is 17. The molecule has 4 nitrogen and oxygen atoms in total. The molecule has 2 saturated heterocycles. The van der Waals surface area contributed by atoms with E-state index in [2.05, 4.69) is 135 Å². The van der Waals surface area contributed by atoms with Gasteiger partial charge in [0.05, 0.1) is 50.6 Å². The molecule has 0 N–H and O–H groups in total. The Morgan fingerprint density at radius 1 is 0.673 bits per heavy atom. The lowest BCUT2D eigenvalue weighted by Gasteiger charge is -2.40. The van der Waals surface area contributed by atoms with Crippen molar-refractivity contribution in [2.45, 2.75) is 81.4 Å². The highest BCUT2D eigenvalue weighted by Gasteiger charge is 2.69. The summed E-state index contributed by atoms with van der Waals surface area (Å²) < 4.78 is 27.9. The molecule has 0 aromatic heterocycles. The van der Waals surface area contributed by atoms with Gasteiger partial charge in [-0.05, 0) is 47.1 Å². The van der Waals surface area contributed by atoms with Gasteiger partial charge in [0.15, 0.2) is 5.16 Å². The highest BCUT2D eigenvalue weighted by Crippen LogP contribution is 2.67. The van der Waals surface area contributed by atoms with Gasteiger partial charge in [-0.15, -0.1) is 0 Å². The maximum Gasteiger partial charge on any atom is 0.181 e. The van der Waals surface area contributed by atoms with E-state index in [4.69, 9.17) is 25.2 Å². The number of benzene rings is 4. The van der Waals surface area contributed by atoms with Crippen LogP contribution in [-0.4, -0.2) is 60.0 Å². The van der Waals surface area contributed by atoms with Crippen molar-refractivity contribution in [2.24, 2.45) is 0 Å². The molecule has 4 aromatic rings. The molecule has 0 amide bonds. The molecule has 6 heteroatoms. The molecule has 8 unspecified atom stereocenters. The second kappa shape index (κ2) is 17.8. The van der Waals surface area contributed by atoms with E-state index in [1.807, 2.05) is 6.07 Å². The SMILES string of the molecule is C=CC1(C2C(OCc3ccccc3)C(OCc3ccccc3)CP2CCCC)C(OCc2ccccc2)C(OCc2ccccc2)C[P+]1=C. The third-order valence-corrected chi connectivity index (χ3v) is 16.0. The molecule has 49 heavy (non-hydrogen) atoms. The fraction of sp³-hybridized carbons (Fsp3) is 0.372. The average Bonchev–Trinajstić information content (AvgIpc) is 3.64. The van der Waals surface area contributed by atoms with Gasteiger partial charge in [0, 0.05) is 0 Å². The van der Waals surface area contributed by atoms with Crippen LogP contribution in [0.4, 0.5) is 0 Å². The lowest BCUT2D eigenvalue weighted by molar-refractivity contribution is -0.0989. The molecular weight excluding hydrogens is 642 g/mol. The molecule has 0 radical (unpaired) electrons. The molecule has 2 heterocycles. The third-order valence-electron chi connectivity index (χ3n) is 10.00. The summed E-state index contributed by atoms with van der Waals surface area (Å²) in [6.45, 7) is 9.06. The first-order chi connectivity index (χ1) is 24.1. The molecule has 0 saturated carbocycles. The van der Waals surface area contributed by atoms with Crippen molar-refractivity contribution < 1.29 is 18.9 Å². The summed E-state index contributed by atoms with van der Waals surface area (Å²) in [6, 6.07) is 42.0. The molecular formula is C43H51O4P2+. The Morgan fingerprint density at radius 2 is 1.12 bits per heavy atom. The first-order valence-corrected chi connectivity index (χ1v) is 21.2. The maximum atomic E-state index is 7.11. The van der Waals surface area contributed by atoms with Crippen LogP contribution in [0.2, 0.25) is 0 Å². The first kappa shape index (κ1) is 35.9. The van der Waals surface area contributed by atoms with Crippen molar-refractivity contribution in [3.05, 3.63) is 156 Å². The van der Waals surface area contributed by atoms with Gasteiger partial charge >= 0.3 is 0 Å². The van der Waals surface area contributed by atoms with Crippen LogP contribution in [0.5, 0.6) is 0 Å². The molecule has 0 spiro atoms. The van der Waals surface area contributed by atoms with Gasteiger partial charge in [0.2, 0.25) is 0 Å². The first-order valence-electron chi connectivity index (χ1n) is 17.7. The summed E-state index contributed by atoms with van der Waals surface area (Å²) in [5.74, 6) is 0. The summed E-state index contributed by atoms with van der Waals surface area (Å²) in [4.78, 5) is 0. The highest BCUT2D eigenvalue weighted by atomic mass is 31.1. The van der Waals surface area contributed by atoms with Crippen LogP contribution >= 0.6 is 15.5 Å². The number of hydrogen-bond acceptors (Lipinski definition) is 4. The minimum atomic E-state index is -0.806. The summed E-state index contributed by atoms with van der Waals surface area (Å²) in [7, 11) is -1.30. The summed E-state index contributed by atoms with van der Waals surface area (Å²) >= 11 is 0. The lowest BCUT2D eigenvalue weighted by atomic mass is 9.89. The second-order valence-electron chi connectivity index (χ2n) is 13.3. The third kappa shape index (κ3) is 8.69. The Labute approximate surface area is 296 Å². The van der Waals surface area contributed by atoms with Crippen molar-refractivity contribution >= 4 is 21.8 Å². The number of hydrogen-bond donors (Lipinski definition) is 0. The van der Waals surface area contributed by atoms with Crippen LogP contribution in [0, 0.1) is 0 Å². The molecule has 0 bridgehead atoms. The second-order valence-corrected chi connectivity index (χ2v) is 18.0. The monoisotopic (exact) mass is 693 g/mol. The Morgan fingerprint density at radius 3 is 1.59 bits per heavy atom. The molecule has 2 aliphatic heterocycles. The van der Waals surface area contributed by atoms with Crippen LogP contribution in [0.25, 0.3) is 0 Å². The fourth-order valence-corrected chi connectivity index (χ4v) is 14.6. The molecule has 256 valence electrons. The van der Waals surface area contributed by atoms with E-state index in [1.54, 1.807) is 0 Å². The smallest absolute Gasteiger partial charge is 0.181 e. The van der Waals surface area contributed by atoms with E-state index in [0.717, 1.165) is 24.3 Å². The van der Waals surface area contributed by atoms with Crippen molar-refractivity contribution in [3.63, 3.8) is 0 Å². The largest absolute Gasteiger partial charge is 0.370 e. The van der Waals surface area contributed by atoms with E-state index >= 15 is 0 Å². The molecule has 4 aromatic carbocycles. The van der Waals surface area contributed by atoms with Crippen LogP contribution in [0.3, 0.4) is 0 Å². The van der Waals surface area contributed by atoms with E-state index in [-0.39, 0.29) is 30.1 Å². The van der Waals surface area contributed by atoms with Gasteiger partial charge in [-0.1, -0.05) is 149 Å². The predicted octanol–water partition coefficient (Wildman–Crippen LogP) is 9.84. The quantitative estimate of drug-likeness (QED) is 0.0815. The van der Waals surface area contributed by atoms with Crippen LogP contribution in [-0.2, 0) is 45.4 Å². The number of ether oxygens (including phenoxy) is 4. The highest BCUT2D eigenvalue weighted by molar-refractivity contribution is 7.63. The normalized spacial score (nSPS) is 27.3. The van der Waals surface area contributed by atoms with E-state index in [9.17, 15) is 0 Å². The molecule has 2 aliphatic rings. The van der Waals surface area contributed by atoms with Gasteiger partial charge in [-0.25, -0.2) is 0 Å². The minimum absolute atomic E-state index is 0.0313. The Kier molecular flexibility index (Phi) is 13.0. The number of unbranched alkanes of at least 4 members (excludes halogenated alkanes) is 1. The van der Waals surface area contributed by atoms with E-state index in [1.165, 1.54) is 29.3 Å². The molecule has 0 aliphatic carbocycles. The van der Waals surface area contributed by atoms with Crippen LogP contribution in [0.15, 0.2) is 134 Å².